The van der Waals surface area contributed by atoms with Crippen molar-refractivity contribution >= 4 is 26.3 Å². The zero-order valence-corrected chi connectivity index (χ0v) is 32.7. The molecule has 11 heteroatoms. The highest BCUT2D eigenvalue weighted by Crippen LogP contribution is 2.33. The number of amides is 2. The second-order valence-electron chi connectivity index (χ2n) is 13.9. The van der Waals surface area contributed by atoms with Crippen LogP contribution in [0.4, 0.5) is 4.79 Å². The third kappa shape index (κ3) is 10.4. The molecular formula is C39H59NO9Si. The smallest absolute Gasteiger partial charge is 0.416 e. The first-order valence-corrected chi connectivity index (χ1v) is 20.6. The topological polar surface area (TPSA) is 110 Å². The Morgan fingerprint density at radius 2 is 1.50 bits per heavy atom. The summed E-state index contributed by atoms with van der Waals surface area (Å²) in [6.07, 6.45) is -3.00. The van der Waals surface area contributed by atoms with Crippen LogP contribution in [-0.2, 0) is 34.8 Å². The molecule has 1 fully saturated rings. The average Bonchev–Trinajstić information content (AvgIpc) is 3.53. The third-order valence-corrected chi connectivity index (χ3v) is 14.8. The van der Waals surface area contributed by atoms with E-state index in [0.29, 0.717) is 5.56 Å². The Morgan fingerprint density at radius 1 is 0.880 bits per heavy atom. The minimum absolute atomic E-state index is 0.0154. The summed E-state index contributed by atoms with van der Waals surface area (Å²) in [4.78, 5) is 41.8. The Morgan fingerprint density at radius 3 is 2.02 bits per heavy atom. The van der Waals surface area contributed by atoms with Gasteiger partial charge in [-0.2, -0.15) is 0 Å². The van der Waals surface area contributed by atoms with Gasteiger partial charge >= 0.3 is 12.1 Å². The molecule has 0 N–H and O–H groups in total. The van der Waals surface area contributed by atoms with E-state index in [1.807, 2.05) is 58.0 Å². The van der Waals surface area contributed by atoms with Crippen molar-refractivity contribution in [2.45, 2.75) is 117 Å². The van der Waals surface area contributed by atoms with E-state index in [4.69, 9.17) is 28.1 Å². The number of imide groups is 1. The molecule has 0 aliphatic carbocycles. The van der Waals surface area contributed by atoms with Crippen LogP contribution in [0.3, 0.4) is 0 Å². The Kier molecular flexibility index (Phi) is 16.0. The van der Waals surface area contributed by atoms with Crippen molar-refractivity contribution in [1.82, 2.24) is 4.90 Å². The van der Waals surface area contributed by atoms with E-state index in [1.165, 1.54) is 4.90 Å². The molecular weight excluding hydrogens is 655 g/mol. The Balaban J connectivity index is 2.06. The lowest BCUT2D eigenvalue weighted by atomic mass is 9.90. The fourth-order valence-corrected chi connectivity index (χ4v) is 9.42. The van der Waals surface area contributed by atoms with Crippen LogP contribution < -0.4 is 4.74 Å². The zero-order valence-electron chi connectivity index (χ0n) is 31.7. The van der Waals surface area contributed by atoms with Crippen molar-refractivity contribution < 1.29 is 42.5 Å². The summed E-state index contributed by atoms with van der Waals surface area (Å²) in [5, 5.41) is 0. The summed E-state index contributed by atoms with van der Waals surface area (Å²) < 4.78 is 37.0. The van der Waals surface area contributed by atoms with E-state index in [1.54, 1.807) is 45.4 Å². The fourth-order valence-electron chi connectivity index (χ4n) is 6.55. The molecule has 10 nitrogen and oxygen atoms in total. The minimum atomic E-state index is -2.29. The van der Waals surface area contributed by atoms with Crippen LogP contribution in [0.5, 0.6) is 5.75 Å². The molecule has 0 saturated carbocycles. The van der Waals surface area contributed by atoms with Gasteiger partial charge in [-0.15, -0.1) is 0 Å². The first-order valence-electron chi connectivity index (χ1n) is 18.1. The van der Waals surface area contributed by atoms with Crippen molar-refractivity contribution in [3.8, 4) is 5.75 Å². The highest BCUT2D eigenvalue weighted by atomic mass is 28.4. The molecule has 0 radical (unpaired) electrons. The predicted molar refractivity (Wildman–Crippen MR) is 196 cm³/mol. The number of benzene rings is 2. The van der Waals surface area contributed by atoms with Gasteiger partial charge < -0.3 is 28.1 Å². The molecule has 6 atom stereocenters. The van der Waals surface area contributed by atoms with E-state index >= 15 is 0 Å². The Hall–Kier alpha value is -3.25. The highest BCUT2D eigenvalue weighted by molar-refractivity contribution is 6.73. The Bertz CT molecular complexity index is 1340. The maximum atomic E-state index is 14.2. The van der Waals surface area contributed by atoms with Gasteiger partial charge in [0.1, 0.15) is 24.6 Å². The normalized spacial score (nSPS) is 18.0. The molecule has 0 unspecified atom stereocenters. The second-order valence-corrected chi connectivity index (χ2v) is 18.6. The van der Waals surface area contributed by atoms with Gasteiger partial charge in [0.25, 0.3) is 0 Å². The highest BCUT2D eigenvalue weighted by Gasteiger charge is 2.46. The molecule has 1 aliphatic heterocycles. The van der Waals surface area contributed by atoms with Gasteiger partial charge in [-0.1, -0.05) is 85.7 Å². The number of esters is 1. The lowest BCUT2D eigenvalue weighted by Gasteiger charge is -2.42. The molecule has 2 amide bonds. The van der Waals surface area contributed by atoms with E-state index in [-0.39, 0.29) is 43.4 Å². The number of hydrogen-bond donors (Lipinski definition) is 0. The van der Waals surface area contributed by atoms with Gasteiger partial charge in [0.05, 0.1) is 43.4 Å². The molecule has 0 spiro atoms. The lowest BCUT2D eigenvalue weighted by molar-refractivity contribution is -0.143. The van der Waals surface area contributed by atoms with Crippen LogP contribution in [0, 0.1) is 17.8 Å². The maximum absolute atomic E-state index is 14.2. The second kappa shape index (κ2) is 19.4. The molecule has 3 rings (SSSR count). The molecule has 1 saturated heterocycles. The number of cyclic esters (lactones) is 1. The zero-order chi connectivity index (χ0) is 37.0. The van der Waals surface area contributed by atoms with Crippen molar-refractivity contribution in [3.63, 3.8) is 0 Å². The van der Waals surface area contributed by atoms with Gasteiger partial charge in [-0.3, -0.25) is 4.79 Å². The maximum Gasteiger partial charge on any atom is 0.416 e. The number of nitrogens with zero attached hydrogens (tertiary/aromatic N) is 1. The van der Waals surface area contributed by atoms with Crippen molar-refractivity contribution in [3.05, 3.63) is 65.7 Å². The molecule has 50 heavy (non-hydrogen) atoms. The van der Waals surface area contributed by atoms with Crippen LogP contribution >= 0.6 is 0 Å². The first-order chi connectivity index (χ1) is 23.8. The lowest BCUT2D eigenvalue weighted by Crippen LogP contribution is -2.53. The van der Waals surface area contributed by atoms with Gasteiger partial charge in [-0.25, -0.2) is 14.5 Å². The molecule has 1 heterocycles. The van der Waals surface area contributed by atoms with Gasteiger partial charge in [0, 0.05) is 13.5 Å². The van der Waals surface area contributed by atoms with Crippen LogP contribution in [-0.4, -0.2) is 82.5 Å². The number of hydrogen-bond acceptors (Lipinski definition) is 9. The fraction of sp³-hybridized carbons (Fsp3) is 0.615. The summed E-state index contributed by atoms with van der Waals surface area (Å²) in [6, 6.07) is 18.7. The summed E-state index contributed by atoms with van der Waals surface area (Å²) in [5.41, 5.74) is 1.34. The van der Waals surface area contributed by atoms with Crippen LogP contribution in [0.1, 0.15) is 77.7 Å². The van der Waals surface area contributed by atoms with Crippen LogP contribution in [0.25, 0.3) is 0 Å². The van der Waals surface area contributed by atoms with Crippen LogP contribution in [0.2, 0.25) is 18.1 Å². The molecule has 278 valence electrons. The summed E-state index contributed by atoms with van der Waals surface area (Å²) >= 11 is 0. The number of rotatable bonds is 20. The third-order valence-electron chi connectivity index (χ3n) is 10.2. The van der Waals surface area contributed by atoms with E-state index < -0.39 is 50.7 Å². The van der Waals surface area contributed by atoms with Crippen molar-refractivity contribution in [2.24, 2.45) is 17.8 Å². The standard InChI is InChI=1S/C39H59NO9Si/c1-11-50(12-2,13-3)49-34(36(45-10)35(27(6)7)48-38(42)30-17-15-14-16-18-30)23-33(46-24-29-19-21-31(44-9)22-20-29)28(8)37(41)40-32(26(4)5)25-47-39(40)43/h14-22,26-28,32-36H,11-13,23-25H2,1-10H3/t28-,32+,33+,34-,35-,36+/m1/s1. The van der Waals surface area contributed by atoms with Gasteiger partial charge in [0.15, 0.2) is 8.32 Å². The van der Waals surface area contributed by atoms with E-state index in [2.05, 4.69) is 20.8 Å². The summed E-state index contributed by atoms with van der Waals surface area (Å²) in [5.74, 6) is -0.931. The quantitative estimate of drug-likeness (QED) is 0.0999. The monoisotopic (exact) mass is 713 g/mol. The molecule has 2 aromatic carbocycles. The minimum Gasteiger partial charge on any atom is -0.497 e. The first kappa shape index (κ1) is 41.2. The molecule has 0 bridgehead atoms. The molecule has 2 aromatic rings. The predicted octanol–water partition coefficient (Wildman–Crippen LogP) is 7.90. The van der Waals surface area contributed by atoms with Crippen molar-refractivity contribution in [1.29, 1.82) is 0 Å². The Labute approximate surface area is 300 Å². The molecule has 0 aromatic heterocycles. The summed E-state index contributed by atoms with van der Waals surface area (Å²) in [6.45, 7) is 16.5. The SMILES string of the molecule is CC[Si](CC)(CC)O[C@H](C[C@H](OCc1ccc(OC)cc1)[C@@H](C)C(=O)N1C(=O)OC[C@H]1C(C)C)[C@H](OC)[C@H](OC(=O)c1ccccc1)C(C)C. The number of methoxy groups -OCH3 is 2. The number of carbonyl (C=O) groups is 3. The molecule has 1 aliphatic rings. The van der Waals surface area contributed by atoms with Crippen LogP contribution in [0.15, 0.2) is 54.6 Å². The summed E-state index contributed by atoms with van der Waals surface area (Å²) in [7, 11) is 0.928. The van der Waals surface area contributed by atoms with E-state index in [0.717, 1.165) is 29.4 Å². The van der Waals surface area contributed by atoms with E-state index in [9.17, 15) is 14.4 Å². The van der Waals surface area contributed by atoms with Gasteiger partial charge in [-0.05, 0) is 59.8 Å². The number of ether oxygens (including phenoxy) is 5. The average molecular weight is 714 g/mol. The largest absolute Gasteiger partial charge is 0.497 e. The number of carbonyl (C=O) groups excluding carboxylic acids is 3. The van der Waals surface area contributed by atoms with Gasteiger partial charge in [0.2, 0.25) is 5.91 Å². The van der Waals surface area contributed by atoms with Crippen molar-refractivity contribution in [2.75, 3.05) is 20.8 Å².